The molecule has 1 aromatic rings. The van der Waals surface area contributed by atoms with Gasteiger partial charge >= 0.3 is 0 Å². The second-order valence-corrected chi connectivity index (χ2v) is 4.64. The number of carbonyl (C=O) groups excluding carboxylic acids is 1. The van der Waals surface area contributed by atoms with Crippen molar-refractivity contribution in [2.45, 2.75) is 19.3 Å². The van der Waals surface area contributed by atoms with Crippen LogP contribution in [0.5, 0.6) is 0 Å². The van der Waals surface area contributed by atoms with Crippen LogP contribution in [0.4, 0.5) is 4.39 Å². The van der Waals surface area contributed by atoms with Gasteiger partial charge in [-0.25, -0.2) is 4.39 Å². The van der Waals surface area contributed by atoms with Crippen LogP contribution in [0.2, 0.25) is 0 Å². The van der Waals surface area contributed by atoms with Gasteiger partial charge in [0.1, 0.15) is 0 Å². The van der Waals surface area contributed by atoms with E-state index < -0.39 is 5.82 Å². The number of aromatic nitrogens is 1. The Bertz CT molecular complexity index is 408. The van der Waals surface area contributed by atoms with Gasteiger partial charge < -0.3 is 0 Å². The molecular formula is C12H12FNO. The zero-order valence-corrected chi connectivity index (χ0v) is 8.32. The number of nitrogens with zero attached hydrogens (tertiary/aromatic N) is 1. The van der Waals surface area contributed by atoms with Crippen LogP contribution in [-0.4, -0.2) is 10.8 Å². The molecule has 2 fully saturated rings. The van der Waals surface area contributed by atoms with Crippen LogP contribution < -0.4 is 0 Å². The van der Waals surface area contributed by atoms with Crippen LogP contribution in [-0.2, 0) is 0 Å². The standard InChI is InChI=1S/C12H12FNO/c13-11-6-14-2-1-10(11)12(15)9-4-7-3-8(7)5-9/h1-2,6-9H,3-5H2. The summed E-state index contributed by atoms with van der Waals surface area (Å²) in [7, 11) is 0. The van der Waals surface area contributed by atoms with Gasteiger partial charge in [-0.05, 0) is 37.2 Å². The molecule has 0 aromatic carbocycles. The summed E-state index contributed by atoms with van der Waals surface area (Å²) < 4.78 is 13.3. The lowest BCUT2D eigenvalue weighted by molar-refractivity contribution is 0.0910. The van der Waals surface area contributed by atoms with E-state index in [1.165, 1.54) is 18.7 Å². The molecule has 3 rings (SSSR count). The lowest BCUT2D eigenvalue weighted by Crippen LogP contribution is -2.14. The van der Waals surface area contributed by atoms with Crippen molar-refractivity contribution in [1.82, 2.24) is 4.98 Å². The predicted octanol–water partition coefficient (Wildman–Crippen LogP) is 2.45. The molecule has 15 heavy (non-hydrogen) atoms. The largest absolute Gasteiger partial charge is 0.294 e. The van der Waals surface area contributed by atoms with E-state index in [-0.39, 0.29) is 17.3 Å². The summed E-state index contributed by atoms with van der Waals surface area (Å²) in [6, 6.07) is 1.49. The molecule has 3 heteroatoms. The van der Waals surface area contributed by atoms with Crippen molar-refractivity contribution in [3.8, 4) is 0 Å². The Hall–Kier alpha value is -1.25. The van der Waals surface area contributed by atoms with Gasteiger partial charge in [-0.1, -0.05) is 0 Å². The smallest absolute Gasteiger partial charge is 0.169 e. The number of carbonyl (C=O) groups is 1. The van der Waals surface area contributed by atoms with E-state index in [0.29, 0.717) is 0 Å². The zero-order chi connectivity index (χ0) is 10.4. The van der Waals surface area contributed by atoms with E-state index in [9.17, 15) is 9.18 Å². The normalized spacial score (nSPS) is 32.5. The second kappa shape index (κ2) is 3.12. The molecule has 2 atom stereocenters. The number of halogens is 1. The van der Waals surface area contributed by atoms with Gasteiger partial charge in [-0.15, -0.1) is 0 Å². The highest BCUT2D eigenvalue weighted by atomic mass is 19.1. The molecule has 1 aromatic heterocycles. The first-order chi connectivity index (χ1) is 7.25. The van der Waals surface area contributed by atoms with Crippen molar-refractivity contribution in [3.63, 3.8) is 0 Å². The van der Waals surface area contributed by atoms with Crippen LogP contribution in [0.25, 0.3) is 0 Å². The minimum absolute atomic E-state index is 0.0258. The highest BCUT2D eigenvalue weighted by Gasteiger charge is 2.48. The molecule has 2 aliphatic carbocycles. The van der Waals surface area contributed by atoms with Crippen molar-refractivity contribution >= 4 is 5.78 Å². The number of hydrogen-bond acceptors (Lipinski definition) is 2. The van der Waals surface area contributed by atoms with E-state index in [1.807, 2.05) is 0 Å². The quantitative estimate of drug-likeness (QED) is 0.694. The molecule has 0 amide bonds. The van der Waals surface area contributed by atoms with Gasteiger partial charge in [0, 0.05) is 12.1 Å². The minimum atomic E-state index is -0.483. The third-order valence-corrected chi connectivity index (χ3v) is 3.65. The highest BCUT2D eigenvalue weighted by molar-refractivity contribution is 5.98. The topological polar surface area (TPSA) is 30.0 Å². The molecule has 0 saturated heterocycles. The third kappa shape index (κ3) is 1.46. The number of ketones is 1. The Balaban J connectivity index is 1.82. The molecule has 2 aliphatic rings. The fourth-order valence-corrected chi connectivity index (χ4v) is 2.72. The molecule has 2 saturated carbocycles. The first kappa shape index (κ1) is 9.01. The van der Waals surface area contributed by atoms with Gasteiger partial charge in [0.25, 0.3) is 0 Å². The van der Waals surface area contributed by atoms with Gasteiger partial charge in [0.2, 0.25) is 0 Å². The Morgan fingerprint density at radius 1 is 1.33 bits per heavy atom. The van der Waals surface area contributed by atoms with E-state index in [2.05, 4.69) is 4.98 Å². The minimum Gasteiger partial charge on any atom is -0.294 e. The van der Waals surface area contributed by atoms with Gasteiger partial charge in [0.05, 0.1) is 11.8 Å². The maximum absolute atomic E-state index is 13.3. The lowest BCUT2D eigenvalue weighted by Gasteiger charge is -2.10. The highest BCUT2D eigenvalue weighted by Crippen LogP contribution is 2.54. The molecular weight excluding hydrogens is 193 g/mol. The van der Waals surface area contributed by atoms with Gasteiger partial charge in [0.15, 0.2) is 11.6 Å². The number of fused-ring (bicyclic) bond motifs is 1. The fraction of sp³-hybridized carbons (Fsp3) is 0.500. The zero-order valence-electron chi connectivity index (χ0n) is 8.32. The molecule has 0 N–H and O–H groups in total. The molecule has 0 spiro atoms. The Morgan fingerprint density at radius 3 is 2.73 bits per heavy atom. The molecule has 2 unspecified atom stereocenters. The SMILES string of the molecule is O=C(c1ccncc1F)C1CC2CC2C1. The van der Waals surface area contributed by atoms with Crippen LogP contribution in [0.3, 0.4) is 0 Å². The summed E-state index contributed by atoms with van der Waals surface area (Å²) in [5.74, 6) is 1.06. The lowest BCUT2D eigenvalue weighted by atomic mass is 9.93. The molecule has 78 valence electrons. The number of rotatable bonds is 2. The van der Waals surface area contributed by atoms with E-state index in [1.54, 1.807) is 0 Å². The summed E-state index contributed by atoms with van der Waals surface area (Å²) in [6.45, 7) is 0. The molecule has 2 nitrogen and oxygen atoms in total. The maximum Gasteiger partial charge on any atom is 0.169 e. The van der Waals surface area contributed by atoms with Crippen molar-refractivity contribution in [3.05, 3.63) is 29.8 Å². The van der Waals surface area contributed by atoms with Gasteiger partial charge in [-0.3, -0.25) is 9.78 Å². The summed E-state index contributed by atoms with van der Waals surface area (Å²) in [6.07, 6.45) is 5.80. The average Bonchev–Trinajstić information content (AvgIpc) is 2.86. The summed E-state index contributed by atoms with van der Waals surface area (Å²) in [4.78, 5) is 15.6. The summed E-state index contributed by atoms with van der Waals surface area (Å²) in [5.41, 5.74) is 0.219. The van der Waals surface area contributed by atoms with Crippen LogP contribution >= 0.6 is 0 Å². The van der Waals surface area contributed by atoms with Gasteiger partial charge in [-0.2, -0.15) is 0 Å². The van der Waals surface area contributed by atoms with Crippen molar-refractivity contribution in [2.75, 3.05) is 0 Å². The Kier molecular flexibility index (Phi) is 1.87. The van der Waals surface area contributed by atoms with Crippen molar-refractivity contribution in [2.24, 2.45) is 17.8 Å². The van der Waals surface area contributed by atoms with E-state index >= 15 is 0 Å². The van der Waals surface area contributed by atoms with Crippen LogP contribution in [0.1, 0.15) is 29.6 Å². The number of hydrogen-bond donors (Lipinski definition) is 0. The molecule has 1 heterocycles. The van der Waals surface area contributed by atoms with Crippen molar-refractivity contribution in [1.29, 1.82) is 0 Å². The molecule has 0 bridgehead atoms. The first-order valence-corrected chi connectivity index (χ1v) is 5.39. The number of Topliss-reactive ketones (excluding diaryl/α,β-unsaturated/α-hetero) is 1. The average molecular weight is 205 g/mol. The predicted molar refractivity (Wildman–Crippen MR) is 52.8 cm³/mol. The van der Waals surface area contributed by atoms with E-state index in [0.717, 1.165) is 30.9 Å². The Morgan fingerprint density at radius 2 is 2.07 bits per heavy atom. The molecule has 0 radical (unpaired) electrons. The van der Waals surface area contributed by atoms with Crippen molar-refractivity contribution < 1.29 is 9.18 Å². The second-order valence-electron chi connectivity index (χ2n) is 4.64. The monoisotopic (exact) mass is 205 g/mol. The summed E-state index contributed by atoms with van der Waals surface area (Å²) in [5, 5.41) is 0. The summed E-state index contributed by atoms with van der Waals surface area (Å²) >= 11 is 0. The first-order valence-electron chi connectivity index (χ1n) is 5.39. The number of pyridine rings is 1. The fourth-order valence-electron chi connectivity index (χ4n) is 2.72. The van der Waals surface area contributed by atoms with E-state index in [4.69, 9.17) is 0 Å². The third-order valence-electron chi connectivity index (χ3n) is 3.65. The Labute approximate surface area is 87.5 Å². The van der Waals surface area contributed by atoms with Crippen LogP contribution in [0, 0.1) is 23.6 Å². The van der Waals surface area contributed by atoms with Crippen LogP contribution in [0.15, 0.2) is 18.5 Å². The maximum atomic E-state index is 13.3. The molecule has 0 aliphatic heterocycles.